The Bertz CT molecular complexity index is 1090. The zero-order chi connectivity index (χ0) is 22.5. The maximum Gasteiger partial charge on any atom is 0.241 e. The van der Waals surface area contributed by atoms with Crippen LogP contribution in [0.25, 0.3) is 11.4 Å². The molecule has 1 amide bonds. The highest BCUT2D eigenvalue weighted by Gasteiger charge is 2.26. The topological polar surface area (TPSA) is 98.3 Å². The fraction of sp³-hybridized carbons (Fsp3) is 0.333. The fourth-order valence-electron chi connectivity index (χ4n) is 3.68. The van der Waals surface area contributed by atoms with Crippen LogP contribution in [0.5, 0.6) is 0 Å². The van der Waals surface area contributed by atoms with Crippen LogP contribution in [-0.4, -0.2) is 58.1 Å². The van der Waals surface area contributed by atoms with Gasteiger partial charge in [-0.05, 0) is 38.1 Å². The third-order valence-corrected chi connectivity index (χ3v) is 5.75. The molecule has 1 aliphatic heterocycles. The first-order chi connectivity index (χ1) is 15.5. The predicted octanol–water partition coefficient (Wildman–Crippen LogP) is 3.06. The van der Waals surface area contributed by atoms with Gasteiger partial charge < -0.3 is 9.84 Å². The van der Waals surface area contributed by atoms with Crippen LogP contribution >= 0.6 is 0 Å². The van der Waals surface area contributed by atoms with E-state index in [9.17, 15) is 4.79 Å². The number of nitriles is 1. The SMILES string of the molecule is Cc1ccc(-c2noc(CN3CCN(C(C)C(=O)Nc4ccc(C#N)cc4)CC3)n2)cc1. The van der Waals surface area contributed by atoms with Crippen LogP contribution in [0, 0.1) is 18.3 Å². The van der Waals surface area contributed by atoms with Crippen molar-refractivity contribution in [2.45, 2.75) is 26.4 Å². The molecule has 1 aromatic heterocycles. The number of anilines is 1. The van der Waals surface area contributed by atoms with Crippen molar-refractivity contribution in [3.63, 3.8) is 0 Å². The van der Waals surface area contributed by atoms with Crippen LogP contribution in [0.4, 0.5) is 5.69 Å². The summed E-state index contributed by atoms with van der Waals surface area (Å²) < 4.78 is 5.45. The van der Waals surface area contributed by atoms with Crippen molar-refractivity contribution >= 4 is 11.6 Å². The van der Waals surface area contributed by atoms with Crippen molar-refractivity contribution in [1.29, 1.82) is 5.26 Å². The molecule has 164 valence electrons. The van der Waals surface area contributed by atoms with E-state index < -0.39 is 0 Å². The first-order valence-corrected chi connectivity index (χ1v) is 10.7. The Morgan fingerprint density at radius 2 is 1.81 bits per heavy atom. The van der Waals surface area contributed by atoms with E-state index in [0.717, 1.165) is 31.7 Å². The molecule has 2 heterocycles. The first kappa shape index (κ1) is 21.7. The Labute approximate surface area is 187 Å². The van der Waals surface area contributed by atoms with Gasteiger partial charge in [0.2, 0.25) is 17.6 Å². The Hall–Kier alpha value is -3.54. The van der Waals surface area contributed by atoms with Crippen molar-refractivity contribution in [3.8, 4) is 17.5 Å². The number of piperazine rings is 1. The van der Waals surface area contributed by atoms with E-state index in [1.54, 1.807) is 24.3 Å². The summed E-state index contributed by atoms with van der Waals surface area (Å²) in [6.07, 6.45) is 0. The number of aryl methyl sites for hydroxylation is 1. The third-order valence-electron chi connectivity index (χ3n) is 5.75. The van der Waals surface area contributed by atoms with Gasteiger partial charge in [0.05, 0.1) is 24.2 Å². The number of nitrogens with one attached hydrogen (secondary N) is 1. The lowest BCUT2D eigenvalue weighted by atomic mass is 10.1. The minimum Gasteiger partial charge on any atom is -0.338 e. The highest BCUT2D eigenvalue weighted by atomic mass is 16.5. The lowest BCUT2D eigenvalue weighted by Gasteiger charge is -2.36. The standard InChI is InChI=1S/C24H26N6O2/c1-17-3-7-20(8-4-17)23-27-22(32-28-23)16-29-11-13-30(14-12-29)18(2)24(31)26-21-9-5-19(15-25)6-10-21/h3-10,18H,11-14,16H2,1-2H3,(H,26,31). The zero-order valence-electron chi connectivity index (χ0n) is 18.3. The van der Waals surface area contributed by atoms with Crippen LogP contribution in [-0.2, 0) is 11.3 Å². The van der Waals surface area contributed by atoms with Crippen molar-refractivity contribution in [1.82, 2.24) is 19.9 Å². The second-order valence-corrected chi connectivity index (χ2v) is 8.04. The normalized spacial score (nSPS) is 15.8. The van der Waals surface area contributed by atoms with Crippen molar-refractivity contribution in [3.05, 3.63) is 65.5 Å². The Morgan fingerprint density at radius 3 is 2.47 bits per heavy atom. The van der Waals surface area contributed by atoms with E-state index in [1.165, 1.54) is 5.56 Å². The number of nitrogens with zero attached hydrogens (tertiary/aromatic N) is 5. The van der Waals surface area contributed by atoms with Gasteiger partial charge in [-0.2, -0.15) is 10.2 Å². The number of carbonyl (C=O) groups is 1. The van der Waals surface area contributed by atoms with Crippen molar-refractivity contribution < 1.29 is 9.32 Å². The largest absolute Gasteiger partial charge is 0.338 e. The maximum absolute atomic E-state index is 12.6. The summed E-state index contributed by atoms with van der Waals surface area (Å²) in [5, 5.41) is 15.9. The minimum atomic E-state index is -0.246. The molecule has 1 fully saturated rings. The monoisotopic (exact) mass is 430 g/mol. The third kappa shape index (κ3) is 5.19. The van der Waals surface area contributed by atoms with Crippen LogP contribution in [0.2, 0.25) is 0 Å². The van der Waals surface area contributed by atoms with Gasteiger partial charge in [-0.25, -0.2) is 0 Å². The molecule has 0 bridgehead atoms. The van der Waals surface area contributed by atoms with Gasteiger partial charge in [0.1, 0.15) is 0 Å². The molecule has 0 saturated carbocycles. The van der Waals surface area contributed by atoms with E-state index in [4.69, 9.17) is 9.78 Å². The molecule has 1 unspecified atom stereocenters. The average molecular weight is 431 g/mol. The number of amides is 1. The summed E-state index contributed by atoms with van der Waals surface area (Å²) in [5.74, 6) is 1.15. The number of hydrogen-bond acceptors (Lipinski definition) is 7. The second kappa shape index (κ2) is 9.73. The predicted molar refractivity (Wildman–Crippen MR) is 121 cm³/mol. The molecule has 3 aromatic rings. The molecule has 0 aliphatic carbocycles. The van der Waals surface area contributed by atoms with Gasteiger partial charge >= 0.3 is 0 Å². The summed E-state index contributed by atoms with van der Waals surface area (Å²) in [7, 11) is 0. The van der Waals surface area contributed by atoms with E-state index in [0.29, 0.717) is 29.5 Å². The molecular formula is C24H26N6O2. The fourth-order valence-corrected chi connectivity index (χ4v) is 3.68. The number of rotatable bonds is 6. The first-order valence-electron chi connectivity index (χ1n) is 10.7. The molecule has 1 N–H and O–H groups in total. The van der Waals surface area contributed by atoms with E-state index in [1.807, 2.05) is 38.1 Å². The highest BCUT2D eigenvalue weighted by molar-refractivity contribution is 5.94. The van der Waals surface area contributed by atoms with Crippen LogP contribution in [0.3, 0.4) is 0 Å². The summed E-state index contributed by atoms with van der Waals surface area (Å²) >= 11 is 0. The Kier molecular flexibility index (Phi) is 6.59. The Morgan fingerprint density at radius 1 is 1.12 bits per heavy atom. The number of hydrogen-bond donors (Lipinski definition) is 1. The molecule has 0 spiro atoms. The minimum absolute atomic E-state index is 0.0530. The molecule has 4 rings (SSSR count). The summed E-state index contributed by atoms with van der Waals surface area (Å²) in [6, 6.07) is 16.8. The van der Waals surface area contributed by atoms with Crippen LogP contribution in [0.15, 0.2) is 53.1 Å². The summed E-state index contributed by atoms with van der Waals surface area (Å²) in [5.41, 5.74) is 3.40. The quantitative estimate of drug-likeness (QED) is 0.642. The van der Waals surface area contributed by atoms with Gasteiger partial charge in [0, 0.05) is 37.4 Å². The Balaban J connectivity index is 1.27. The van der Waals surface area contributed by atoms with Gasteiger partial charge in [-0.15, -0.1) is 0 Å². The molecule has 1 atom stereocenters. The van der Waals surface area contributed by atoms with E-state index in [-0.39, 0.29) is 11.9 Å². The zero-order valence-corrected chi connectivity index (χ0v) is 18.3. The van der Waals surface area contributed by atoms with E-state index >= 15 is 0 Å². The van der Waals surface area contributed by atoms with Crippen LogP contribution in [0.1, 0.15) is 23.9 Å². The summed E-state index contributed by atoms with van der Waals surface area (Å²) in [6.45, 7) is 7.75. The van der Waals surface area contributed by atoms with Gasteiger partial charge in [-0.1, -0.05) is 35.0 Å². The lowest BCUT2D eigenvalue weighted by molar-refractivity contribution is -0.121. The molecule has 8 nitrogen and oxygen atoms in total. The molecule has 1 saturated heterocycles. The molecule has 1 aliphatic rings. The smallest absolute Gasteiger partial charge is 0.241 e. The lowest BCUT2D eigenvalue weighted by Crippen LogP contribution is -2.52. The average Bonchev–Trinajstić information content (AvgIpc) is 3.28. The van der Waals surface area contributed by atoms with Crippen molar-refractivity contribution in [2.75, 3.05) is 31.5 Å². The molecule has 8 heteroatoms. The van der Waals surface area contributed by atoms with Crippen molar-refractivity contribution in [2.24, 2.45) is 0 Å². The number of benzene rings is 2. The van der Waals surface area contributed by atoms with E-state index in [2.05, 4.69) is 31.3 Å². The second-order valence-electron chi connectivity index (χ2n) is 8.04. The molecule has 32 heavy (non-hydrogen) atoms. The summed E-state index contributed by atoms with van der Waals surface area (Å²) in [4.78, 5) is 21.6. The molecule has 0 radical (unpaired) electrons. The van der Waals surface area contributed by atoms with Gasteiger partial charge in [-0.3, -0.25) is 14.6 Å². The van der Waals surface area contributed by atoms with Gasteiger partial charge in [0.25, 0.3) is 0 Å². The number of aromatic nitrogens is 2. The molecule has 2 aromatic carbocycles. The molecular weight excluding hydrogens is 404 g/mol. The van der Waals surface area contributed by atoms with Gasteiger partial charge in [0.15, 0.2) is 0 Å². The van der Waals surface area contributed by atoms with Crippen LogP contribution < -0.4 is 5.32 Å². The highest BCUT2D eigenvalue weighted by Crippen LogP contribution is 2.18. The maximum atomic E-state index is 12.6. The number of carbonyl (C=O) groups excluding carboxylic acids is 1.